The number of rotatable bonds is 5. The first-order valence-corrected chi connectivity index (χ1v) is 12.0. The Labute approximate surface area is 202 Å². The van der Waals surface area contributed by atoms with Crippen LogP contribution in [0.15, 0.2) is 47.4 Å². The van der Waals surface area contributed by atoms with Crippen molar-refractivity contribution in [3.05, 3.63) is 75.2 Å². The molecule has 1 aliphatic rings. The lowest BCUT2D eigenvalue weighted by Gasteiger charge is -2.21. The molecule has 6 nitrogen and oxygen atoms in total. The molecule has 34 heavy (non-hydrogen) atoms. The lowest BCUT2D eigenvalue weighted by molar-refractivity contribution is 0.455. The van der Waals surface area contributed by atoms with Crippen LogP contribution in [0.25, 0.3) is 22.2 Å². The van der Waals surface area contributed by atoms with E-state index in [9.17, 15) is 9.18 Å². The molecule has 1 saturated heterocycles. The van der Waals surface area contributed by atoms with Crippen molar-refractivity contribution in [2.45, 2.75) is 38.5 Å². The number of fused-ring (bicyclic) bond motifs is 1. The topological polar surface area (TPSA) is 85.6 Å². The van der Waals surface area contributed by atoms with Gasteiger partial charge in [0, 0.05) is 39.5 Å². The first kappa shape index (κ1) is 22.6. The largest absolute Gasteiger partial charge is 0.353 e. The fourth-order valence-electron chi connectivity index (χ4n) is 4.66. The minimum atomic E-state index is -0.498. The number of halogens is 2. The number of H-pyrrole nitrogens is 2. The monoisotopic (exact) mass is 479 g/mol. The highest BCUT2D eigenvalue weighted by molar-refractivity contribution is 6.30. The third kappa shape index (κ3) is 4.33. The van der Waals surface area contributed by atoms with Gasteiger partial charge >= 0.3 is 0 Å². The maximum Gasteiger partial charge on any atom is 0.256 e. The summed E-state index contributed by atoms with van der Waals surface area (Å²) in [6.45, 7) is 6.03. The molecule has 176 valence electrons. The molecule has 0 spiro atoms. The molecule has 1 aliphatic heterocycles. The Bertz CT molecular complexity index is 1400. The maximum atomic E-state index is 14.6. The van der Waals surface area contributed by atoms with Crippen molar-refractivity contribution in [1.29, 1.82) is 0 Å². The zero-order valence-corrected chi connectivity index (χ0v) is 19.9. The van der Waals surface area contributed by atoms with Gasteiger partial charge < -0.3 is 20.6 Å². The molecule has 0 amide bonds. The summed E-state index contributed by atoms with van der Waals surface area (Å²) in [4.78, 5) is 23.9. The highest BCUT2D eigenvalue weighted by Gasteiger charge is 2.20. The molecule has 1 fully saturated rings. The first-order chi connectivity index (χ1) is 16.4. The number of benzene rings is 1. The Morgan fingerprint density at radius 2 is 1.85 bits per heavy atom. The molecular weight excluding hydrogens is 453 g/mol. The SMILES string of the molecule is CC(C)c1[nH]c(=O)c(-c2cc(Cl)ccc2F)cc1Nc1ccnc2[nH]c(C3CCNCC3)cc12. The summed E-state index contributed by atoms with van der Waals surface area (Å²) in [7, 11) is 0. The van der Waals surface area contributed by atoms with E-state index in [-0.39, 0.29) is 22.6 Å². The summed E-state index contributed by atoms with van der Waals surface area (Å²) in [6.07, 6.45) is 3.93. The molecule has 0 unspecified atom stereocenters. The summed E-state index contributed by atoms with van der Waals surface area (Å²) >= 11 is 6.09. The summed E-state index contributed by atoms with van der Waals surface area (Å²) in [5, 5.41) is 8.24. The van der Waals surface area contributed by atoms with Gasteiger partial charge in [-0.25, -0.2) is 9.37 Å². The van der Waals surface area contributed by atoms with Crippen LogP contribution in [0.4, 0.5) is 15.8 Å². The zero-order valence-electron chi connectivity index (χ0n) is 19.1. The van der Waals surface area contributed by atoms with Gasteiger partial charge in [-0.05, 0) is 68.2 Å². The van der Waals surface area contributed by atoms with Crippen LogP contribution in [-0.2, 0) is 0 Å². The van der Waals surface area contributed by atoms with E-state index in [1.807, 2.05) is 19.9 Å². The average molecular weight is 480 g/mol. The van der Waals surface area contributed by atoms with Crippen molar-refractivity contribution >= 4 is 34.0 Å². The van der Waals surface area contributed by atoms with Gasteiger partial charge in [0.15, 0.2) is 0 Å². The van der Waals surface area contributed by atoms with Gasteiger partial charge in [-0.2, -0.15) is 0 Å². The molecule has 0 aliphatic carbocycles. The van der Waals surface area contributed by atoms with E-state index in [4.69, 9.17) is 11.6 Å². The van der Waals surface area contributed by atoms with E-state index in [0.29, 0.717) is 16.6 Å². The average Bonchev–Trinajstić information content (AvgIpc) is 3.27. The summed E-state index contributed by atoms with van der Waals surface area (Å²) in [6, 6.07) is 10.00. The molecule has 4 heterocycles. The Morgan fingerprint density at radius 1 is 1.06 bits per heavy atom. The van der Waals surface area contributed by atoms with Gasteiger partial charge in [0.2, 0.25) is 0 Å². The maximum absolute atomic E-state index is 14.6. The molecule has 3 aromatic heterocycles. The predicted molar refractivity (Wildman–Crippen MR) is 136 cm³/mol. The summed E-state index contributed by atoms with van der Waals surface area (Å²) < 4.78 is 14.6. The molecule has 0 saturated carbocycles. The molecule has 8 heteroatoms. The fourth-order valence-corrected chi connectivity index (χ4v) is 4.83. The Morgan fingerprint density at radius 3 is 2.62 bits per heavy atom. The Hall–Kier alpha value is -3.16. The van der Waals surface area contributed by atoms with Crippen molar-refractivity contribution in [1.82, 2.24) is 20.3 Å². The lowest BCUT2D eigenvalue weighted by atomic mass is 9.95. The van der Waals surface area contributed by atoms with Crippen molar-refractivity contribution in [3.63, 3.8) is 0 Å². The van der Waals surface area contributed by atoms with E-state index in [1.165, 1.54) is 23.9 Å². The molecular formula is C26H27ClFN5O. The molecule has 4 N–H and O–H groups in total. The van der Waals surface area contributed by atoms with Crippen LogP contribution in [0.1, 0.15) is 49.9 Å². The van der Waals surface area contributed by atoms with E-state index in [2.05, 4.69) is 31.7 Å². The van der Waals surface area contributed by atoms with Crippen LogP contribution in [0.5, 0.6) is 0 Å². The van der Waals surface area contributed by atoms with Crippen molar-refractivity contribution in [3.8, 4) is 11.1 Å². The molecule has 5 rings (SSSR count). The standard InChI is InChI=1S/C26H27ClFN5O/c1-14(2)24-23(12-18(26(34)33-24)17-11-16(27)3-4-20(17)28)31-21-7-10-30-25-19(21)13-22(32-25)15-5-8-29-9-6-15/h3-4,7,10-15,29H,5-6,8-9H2,1-2H3,(H,33,34)(H2,30,31,32). The predicted octanol–water partition coefficient (Wildman–Crippen LogP) is 6.04. The van der Waals surface area contributed by atoms with Crippen molar-refractivity contribution in [2.24, 2.45) is 0 Å². The summed E-state index contributed by atoms with van der Waals surface area (Å²) in [5.41, 5.74) is 4.36. The van der Waals surface area contributed by atoms with Crippen molar-refractivity contribution < 1.29 is 4.39 Å². The number of anilines is 2. The first-order valence-electron chi connectivity index (χ1n) is 11.6. The van der Waals surface area contributed by atoms with Gasteiger partial charge in [0.25, 0.3) is 5.56 Å². The minimum absolute atomic E-state index is 0.0438. The number of nitrogens with zero attached hydrogens (tertiary/aromatic N) is 1. The van der Waals surface area contributed by atoms with E-state index in [0.717, 1.165) is 48.3 Å². The number of hydrogen-bond acceptors (Lipinski definition) is 4. The number of piperidine rings is 1. The number of nitrogens with one attached hydrogen (secondary N) is 4. The molecule has 4 aromatic rings. The smallest absolute Gasteiger partial charge is 0.256 e. The third-order valence-corrected chi connectivity index (χ3v) is 6.70. The van der Waals surface area contributed by atoms with Crippen LogP contribution < -0.4 is 16.2 Å². The van der Waals surface area contributed by atoms with E-state index < -0.39 is 5.82 Å². The summed E-state index contributed by atoms with van der Waals surface area (Å²) in [5.74, 6) is 0.0176. The molecule has 0 atom stereocenters. The second-order valence-corrected chi connectivity index (χ2v) is 9.55. The normalized spacial score (nSPS) is 14.7. The second-order valence-electron chi connectivity index (χ2n) is 9.11. The highest BCUT2D eigenvalue weighted by Crippen LogP contribution is 2.34. The van der Waals surface area contributed by atoms with Crippen LogP contribution >= 0.6 is 11.6 Å². The minimum Gasteiger partial charge on any atom is -0.353 e. The van der Waals surface area contributed by atoms with Crippen molar-refractivity contribution in [2.75, 3.05) is 18.4 Å². The van der Waals surface area contributed by atoms with Gasteiger partial charge in [0.05, 0.1) is 16.9 Å². The van der Waals surface area contributed by atoms with Gasteiger partial charge in [-0.1, -0.05) is 25.4 Å². The molecule has 1 aromatic carbocycles. The lowest BCUT2D eigenvalue weighted by Crippen LogP contribution is -2.26. The second kappa shape index (κ2) is 9.24. The number of hydrogen-bond donors (Lipinski definition) is 4. The molecule has 0 radical (unpaired) electrons. The Balaban J connectivity index is 1.59. The number of aromatic nitrogens is 3. The highest BCUT2D eigenvalue weighted by atomic mass is 35.5. The third-order valence-electron chi connectivity index (χ3n) is 6.47. The zero-order chi connectivity index (χ0) is 23.8. The quantitative estimate of drug-likeness (QED) is 0.281. The number of pyridine rings is 2. The van der Waals surface area contributed by atoms with Crippen LogP contribution in [-0.4, -0.2) is 28.0 Å². The Kier molecular flexibility index (Phi) is 6.15. The van der Waals surface area contributed by atoms with Gasteiger partial charge in [0.1, 0.15) is 11.5 Å². The van der Waals surface area contributed by atoms with Gasteiger partial charge in [-0.15, -0.1) is 0 Å². The van der Waals surface area contributed by atoms with Crippen LogP contribution in [0, 0.1) is 5.82 Å². The van der Waals surface area contributed by atoms with Crippen LogP contribution in [0.2, 0.25) is 5.02 Å². The van der Waals surface area contributed by atoms with Gasteiger partial charge in [-0.3, -0.25) is 4.79 Å². The van der Waals surface area contributed by atoms with E-state index in [1.54, 1.807) is 12.3 Å². The van der Waals surface area contributed by atoms with E-state index >= 15 is 0 Å². The fraction of sp³-hybridized carbons (Fsp3) is 0.308. The van der Waals surface area contributed by atoms with Crippen LogP contribution in [0.3, 0.4) is 0 Å². The molecule has 0 bridgehead atoms. The number of aromatic amines is 2.